The Morgan fingerprint density at radius 2 is 2.09 bits per heavy atom. The number of nitrogens with one attached hydrogen (secondary N) is 1. The fourth-order valence-electron chi connectivity index (χ4n) is 1.59. The molecule has 0 saturated heterocycles. The predicted molar refractivity (Wildman–Crippen MR) is 81.3 cm³/mol. The maximum Gasteiger partial charge on any atom is 0.271 e. The van der Waals surface area contributed by atoms with Gasteiger partial charge in [-0.05, 0) is 29.8 Å². The van der Waals surface area contributed by atoms with E-state index in [-0.39, 0.29) is 22.0 Å². The van der Waals surface area contributed by atoms with E-state index in [2.05, 4.69) is 10.5 Å². The van der Waals surface area contributed by atoms with Crippen molar-refractivity contribution in [1.29, 1.82) is 0 Å². The lowest BCUT2D eigenvalue weighted by molar-refractivity contribution is -0.384. The summed E-state index contributed by atoms with van der Waals surface area (Å²) in [4.78, 5) is 21.9. The Kier molecular flexibility index (Phi) is 4.70. The molecule has 22 heavy (non-hydrogen) atoms. The number of carbonyl (C=O) groups is 1. The number of nitrogens with zero attached hydrogens (tertiary/aromatic N) is 2. The van der Waals surface area contributed by atoms with Gasteiger partial charge in [0.1, 0.15) is 5.75 Å². The summed E-state index contributed by atoms with van der Waals surface area (Å²) in [7, 11) is 0. The molecule has 0 aliphatic heterocycles. The fourth-order valence-corrected chi connectivity index (χ4v) is 1.78. The zero-order valence-corrected chi connectivity index (χ0v) is 11.8. The Hall–Kier alpha value is -2.93. The van der Waals surface area contributed by atoms with Crippen LogP contribution in [0.3, 0.4) is 0 Å². The number of halogens is 1. The van der Waals surface area contributed by atoms with Crippen LogP contribution in [-0.2, 0) is 0 Å². The number of amides is 1. The number of hydrogen-bond donors (Lipinski definition) is 2. The first kappa shape index (κ1) is 15.5. The topological polar surface area (TPSA) is 105 Å². The lowest BCUT2D eigenvalue weighted by Gasteiger charge is -2.00. The molecule has 112 valence electrons. The highest BCUT2D eigenvalue weighted by Gasteiger charge is 2.10. The van der Waals surface area contributed by atoms with Crippen molar-refractivity contribution < 1.29 is 14.8 Å². The van der Waals surface area contributed by atoms with Gasteiger partial charge < -0.3 is 5.11 Å². The molecule has 0 radical (unpaired) electrons. The summed E-state index contributed by atoms with van der Waals surface area (Å²) in [6.07, 6.45) is 1.33. The number of benzene rings is 2. The summed E-state index contributed by atoms with van der Waals surface area (Å²) in [5.41, 5.74) is 2.76. The third-order valence-electron chi connectivity index (χ3n) is 2.67. The molecule has 0 fully saturated rings. The summed E-state index contributed by atoms with van der Waals surface area (Å²) in [6.45, 7) is 0. The number of non-ortho nitro benzene ring substituents is 1. The number of nitro groups is 1. The van der Waals surface area contributed by atoms with E-state index in [1.54, 1.807) is 6.07 Å². The van der Waals surface area contributed by atoms with Crippen LogP contribution in [0.15, 0.2) is 47.6 Å². The van der Waals surface area contributed by atoms with Gasteiger partial charge >= 0.3 is 0 Å². The Morgan fingerprint density at radius 3 is 2.77 bits per heavy atom. The molecule has 0 aliphatic carbocycles. The largest absolute Gasteiger partial charge is 0.506 e. The van der Waals surface area contributed by atoms with Crippen molar-refractivity contribution in [3.63, 3.8) is 0 Å². The molecule has 0 atom stereocenters. The van der Waals surface area contributed by atoms with E-state index in [9.17, 15) is 20.0 Å². The van der Waals surface area contributed by atoms with Crippen LogP contribution in [0.25, 0.3) is 0 Å². The van der Waals surface area contributed by atoms with Crippen molar-refractivity contribution >= 4 is 29.4 Å². The van der Waals surface area contributed by atoms with Gasteiger partial charge in [0.15, 0.2) is 0 Å². The molecule has 2 aromatic rings. The number of phenols is 1. The van der Waals surface area contributed by atoms with Crippen molar-refractivity contribution in [1.82, 2.24) is 5.43 Å². The van der Waals surface area contributed by atoms with Crippen molar-refractivity contribution in [2.24, 2.45) is 5.10 Å². The zero-order chi connectivity index (χ0) is 16.1. The van der Waals surface area contributed by atoms with Crippen molar-refractivity contribution in [2.75, 3.05) is 0 Å². The molecule has 0 aromatic heterocycles. The molecule has 0 saturated carbocycles. The van der Waals surface area contributed by atoms with Gasteiger partial charge in [0.05, 0.1) is 16.2 Å². The minimum atomic E-state index is -0.585. The highest BCUT2D eigenvalue weighted by atomic mass is 35.5. The summed E-state index contributed by atoms with van der Waals surface area (Å²) in [6, 6.07) is 9.72. The lowest BCUT2D eigenvalue weighted by Crippen LogP contribution is -2.17. The van der Waals surface area contributed by atoms with Crippen LogP contribution in [0.2, 0.25) is 5.02 Å². The molecule has 2 aromatic carbocycles. The van der Waals surface area contributed by atoms with Crippen LogP contribution >= 0.6 is 11.6 Å². The second-order valence-corrected chi connectivity index (χ2v) is 4.62. The summed E-state index contributed by atoms with van der Waals surface area (Å²) in [5.74, 6) is -0.635. The first-order chi connectivity index (χ1) is 10.5. The maximum atomic E-state index is 11.8. The normalized spacial score (nSPS) is 10.6. The lowest BCUT2D eigenvalue weighted by atomic mass is 10.2. The Bertz CT molecular complexity index is 762. The molecule has 0 bridgehead atoms. The van der Waals surface area contributed by atoms with E-state index >= 15 is 0 Å². The number of rotatable bonds is 4. The minimum absolute atomic E-state index is 0.0561. The molecule has 8 heteroatoms. The monoisotopic (exact) mass is 319 g/mol. The van der Waals surface area contributed by atoms with Gasteiger partial charge in [0.2, 0.25) is 0 Å². The van der Waals surface area contributed by atoms with E-state index in [1.165, 1.54) is 36.5 Å². The molecular weight excluding hydrogens is 310 g/mol. The standard InChI is InChI=1S/C14H10ClN3O4/c15-12-6-9(4-5-13(12)19)8-16-17-14(20)10-2-1-3-11(7-10)18(21)22/h1-8,19H,(H,17,20)/b16-8+. The van der Waals surface area contributed by atoms with Gasteiger partial charge in [-0.3, -0.25) is 14.9 Å². The summed E-state index contributed by atoms with van der Waals surface area (Å²) >= 11 is 5.74. The van der Waals surface area contributed by atoms with Gasteiger partial charge in [-0.1, -0.05) is 17.7 Å². The van der Waals surface area contributed by atoms with Crippen LogP contribution in [-0.4, -0.2) is 22.2 Å². The van der Waals surface area contributed by atoms with Crippen LogP contribution in [0.4, 0.5) is 5.69 Å². The summed E-state index contributed by atoms with van der Waals surface area (Å²) < 4.78 is 0. The molecule has 0 spiro atoms. The fraction of sp³-hybridized carbons (Fsp3) is 0. The third kappa shape index (κ3) is 3.80. The second-order valence-electron chi connectivity index (χ2n) is 4.22. The molecule has 0 heterocycles. The van der Waals surface area contributed by atoms with E-state index in [0.717, 1.165) is 6.07 Å². The van der Waals surface area contributed by atoms with Crippen molar-refractivity contribution in [2.45, 2.75) is 0 Å². The van der Waals surface area contributed by atoms with Gasteiger partial charge in [-0.15, -0.1) is 0 Å². The van der Waals surface area contributed by atoms with Crippen LogP contribution < -0.4 is 5.43 Å². The highest BCUT2D eigenvalue weighted by molar-refractivity contribution is 6.32. The Balaban J connectivity index is 2.06. The zero-order valence-electron chi connectivity index (χ0n) is 11.1. The smallest absolute Gasteiger partial charge is 0.271 e. The molecule has 1 amide bonds. The van der Waals surface area contributed by atoms with Crippen LogP contribution in [0.1, 0.15) is 15.9 Å². The van der Waals surface area contributed by atoms with Crippen molar-refractivity contribution in [3.05, 3.63) is 68.7 Å². The first-order valence-corrected chi connectivity index (χ1v) is 6.41. The highest BCUT2D eigenvalue weighted by Crippen LogP contribution is 2.22. The molecule has 2 N–H and O–H groups in total. The van der Waals surface area contributed by atoms with E-state index in [4.69, 9.17) is 11.6 Å². The predicted octanol–water partition coefficient (Wildman–Crippen LogP) is 2.72. The quantitative estimate of drug-likeness (QED) is 0.513. The van der Waals surface area contributed by atoms with E-state index in [0.29, 0.717) is 5.56 Å². The van der Waals surface area contributed by atoms with Crippen molar-refractivity contribution in [3.8, 4) is 5.75 Å². The molecular formula is C14H10ClN3O4. The van der Waals surface area contributed by atoms with Gasteiger partial charge in [-0.25, -0.2) is 5.43 Å². The van der Waals surface area contributed by atoms with Crippen LogP contribution in [0.5, 0.6) is 5.75 Å². The number of aromatic hydroxyl groups is 1. The SMILES string of the molecule is O=C(N/N=C/c1ccc(O)c(Cl)c1)c1cccc([N+](=O)[O-])c1. The molecule has 7 nitrogen and oxygen atoms in total. The summed E-state index contributed by atoms with van der Waals surface area (Å²) in [5, 5.41) is 23.8. The molecule has 0 unspecified atom stereocenters. The maximum absolute atomic E-state index is 11.8. The van der Waals surface area contributed by atoms with Gasteiger partial charge in [0, 0.05) is 17.7 Å². The number of hydrazone groups is 1. The average molecular weight is 320 g/mol. The third-order valence-corrected chi connectivity index (χ3v) is 2.97. The van der Waals surface area contributed by atoms with Gasteiger partial charge in [-0.2, -0.15) is 5.10 Å². The number of hydrogen-bond acceptors (Lipinski definition) is 5. The second kappa shape index (κ2) is 6.68. The van der Waals surface area contributed by atoms with E-state index in [1.807, 2.05) is 0 Å². The molecule has 0 aliphatic rings. The van der Waals surface area contributed by atoms with E-state index < -0.39 is 10.8 Å². The van der Waals surface area contributed by atoms with Gasteiger partial charge in [0.25, 0.3) is 11.6 Å². The Labute approximate surface area is 130 Å². The number of phenolic OH excluding ortho intramolecular Hbond substituents is 1. The number of carbonyl (C=O) groups excluding carboxylic acids is 1. The first-order valence-electron chi connectivity index (χ1n) is 6.04. The van der Waals surface area contributed by atoms with Crippen LogP contribution in [0, 0.1) is 10.1 Å². The Morgan fingerprint density at radius 1 is 1.32 bits per heavy atom. The minimum Gasteiger partial charge on any atom is -0.506 e. The molecule has 2 rings (SSSR count). The average Bonchev–Trinajstić information content (AvgIpc) is 2.51. The number of nitro benzene ring substituents is 1.